The molecule has 0 spiro atoms. The Hall–Kier alpha value is -1.55. The number of fused-ring (bicyclic) bond motifs is 1. The Morgan fingerprint density at radius 1 is 1.50 bits per heavy atom. The molecule has 3 nitrogen and oxygen atoms in total. The van der Waals surface area contributed by atoms with Crippen LogP contribution in [-0.4, -0.2) is 17.8 Å². The van der Waals surface area contributed by atoms with Gasteiger partial charge in [0.2, 0.25) is 0 Å². The van der Waals surface area contributed by atoms with Crippen LogP contribution in [0, 0.1) is 0 Å². The van der Waals surface area contributed by atoms with E-state index in [0.717, 1.165) is 20.9 Å². The molecule has 1 aromatic heterocycles. The van der Waals surface area contributed by atoms with E-state index >= 15 is 0 Å². The molecule has 0 bridgehead atoms. The Balaban J connectivity index is 2.27. The number of rotatable bonds is 4. The second kappa shape index (κ2) is 4.99. The van der Waals surface area contributed by atoms with Gasteiger partial charge in [0.05, 0.1) is 6.21 Å². The van der Waals surface area contributed by atoms with Gasteiger partial charge in [0.1, 0.15) is 6.61 Å². The topological polar surface area (TPSA) is 37.4 Å². The predicted octanol–water partition coefficient (Wildman–Crippen LogP) is 3.47. The van der Waals surface area contributed by atoms with Crippen molar-refractivity contribution in [3.63, 3.8) is 0 Å². The highest BCUT2D eigenvalue weighted by Gasteiger charge is 2.01. The van der Waals surface area contributed by atoms with E-state index in [4.69, 9.17) is 4.84 Å². The van der Waals surface area contributed by atoms with Crippen molar-refractivity contribution in [3.8, 4) is 0 Å². The highest BCUT2D eigenvalue weighted by Crippen LogP contribution is 2.21. The van der Waals surface area contributed by atoms with Crippen molar-refractivity contribution >= 4 is 33.0 Å². The molecule has 0 aliphatic heterocycles. The number of nitrogens with zero attached hydrogens (tertiary/aromatic N) is 1. The molecule has 0 saturated heterocycles. The van der Waals surface area contributed by atoms with Crippen molar-refractivity contribution < 1.29 is 4.84 Å². The van der Waals surface area contributed by atoms with Crippen LogP contribution in [0.2, 0.25) is 0 Å². The number of hydrogen-bond donors (Lipinski definition) is 1. The van der Waals surface area contributed by atoms with E-state index in [0.29, 0.717) is 6.61 Å². The van der Waals surface area contributed by atoms with Gasteiger partial charge in [-0.2, -0.15) is 0 Å². The molecule has 0 aliphatic rings. The van der Waals surface area contributed by atoms with Gasteiger partial charge in [-0.05, 0) is 18.2 Å². The van der Waals surface area contributed by atoms with Crippen LogP contribution in [0.5, 0.6) is 0 Å². The minimum Gasteiger partial charge on any atom is -0.392 e. The van der Waals surface area contributed by atoms with Crippen molar-refractivity contribution in [2.75, 3.05) is 6.61 Å². The summed E-state index contributed by atoms with van der Waals surface area (Å²) in [6.45, 7) is 3.96. The fraction of sp³-hybridized carbons (Fsp3) is 0.0833. The predicted molar refractivity (Wildman–Crippen MR) is 69.7 cm³/mol. The molecule has 2 aromatic rings. The molecule has 1 heterocycles. The molecule has 0 atom stereocenters. The molecule has 0 unspecified atom stereocenters. The second-order valence-electron chi connectivity index (χ2n) is 3.25. The first-order valence-electron chi connectivity index (χ1n) is 4.84. The summed E-state index contributed by atoms with van der Waals surface area (Å²) in [6.07, 6.45) is 5.25. The zero-order valence-electron chi connectivity index (χ0n) is 8.61. The van der Waals surface area contributed by atoms with Gasteiger partial charge in [0, 0.05) is 27.1 Å². The first-order chi connectivity index (χ1) is 7.81. The third kappa shape index (κ3) is 2.33. The minimum absolute atomic E-state index is 0.419. The van der Waals surface area contributed by atoms with Gasteiger partial charge in [0.25, 0.3) is 0 Å². The van der Waals surface area contributed by atoms with Gasteiger partial charge in [-0.25, -0.2) is 0 Å². The number of halogens is 1. The van der Waals surface area contributed by atoms with E-state index in [1.165, 1.54) is 0 Å². The summed E-state index contributed by atoms with van der Waals surface area (Å²) in [6, 6.07) is 6.05. The van der Waals surface area contributed by atoms with Crippen molar-refractivity contribution in [2.24, 2.45) is 5.16 Å². The number of H-pyrrole nitrogens is 1. The van der Waals surface area contributed by atoms with Crippen LogP contribution >= 0.6 is 15.9 Å². The molecule has 0 fully saturated rings. The standard InChI is InChI=1S/C12H11BrN2O/c1-2-5-16-15-8-9-7-14-12-4-3-10(13)6-11(9)12/h2-4,6-8,14H,1,5H2/b15-8+. The second-order valence-corrected chi connectivity index (χ2v) is 4.17. The molecule has 0 amide bonds. The molecular formula is C12H11BrN2O. The smallest absolute Gasteiger partial charge is 0.135 e. The third-order valence-corrected chi connectivity index (χ3v) is 2.63. The molecule has 2 rings (SSSR count). The molecule has 16 heavy (non-hydrogen) atoms. The first-order valence-corrected chi connectivity index (χ1v) is 5.63. The van der Waals surface area contributed by atoms with Crippen LogP contribution in [0.3, 0.4) is 0 Å². The van der Waals surface area contributed by atoms with E-state index in [-0.39, 0.29) is 0 Å². The lowest BCUT2D eigenvalue weighted by atomic mass is 10.2. The Bertz CT molecular complexity index is 531. The van der Waals surface area contributed by atoms with Gasteiger partial charge in [-0.3, -0.25) is 0 Å². The quantitative estimate of drug-likeness (QED) is 0.395. The van der Waals surface area contributed by atoms with Crippen molar-refractivity contribution in [1.82, 2.24) is 4.98 Å². The zero-order chi connectivity index (χ0) is 11.4. The Labute approximate surface area is 102 Å². The lowest BCUT2D eigenvalue weighted by molar-refractivity contribution is 0.176. The van der Waals surface area contributed by atoms with Crippen molar-refractivity contribution in [3.05, 3.63) is 47.1 Å². The minimum atomic E-state index is 0.419. The summed E-state index contributed by atoms with van der Waals surface area (Å²) in [7, 11) is 0. The Morgan fingerprint density at radius 2 is 2.38 bits per heavy atom. The Morgan fingerprint density at radius 3 is 3.19 bits per heavy atom. The van der Waals surface area contributed by atoms with Gasteiger partial charge in [0.15, 0.2) is 0 Å². The number of hydrogen-bond acceptors (Lipinski definition) is 2. The average molecular weight is 279 g/mol. The highest BCUT2D eigenvalue weighted by atomic mass is 79.9. The zero-order valence-corrected chi connectivity index (χ0v) is 10.2. The van der Waals surface area contributed by atoms with E-state index in [9.17, 15) is 0 Å². The van der Waals surface area contributed by atoms with Crippen LogP contribution in [0.4, 0.5) is 0 Å². The van der Waals surface area contributed by atoms with Crippen LogP contribution in [-0.2, 0) is 4.84 Å². The summed E-state index contributed by atoms with van der Waals surface area (Å²) in [5.41, 5.74) is 2.08. The molecular weight excluding hydrogens is 268 g/mol. The number of aromatic nitrogens is 1. The van der Waals surface area contributed by atoms with E-state index in [1.807, 2.05) is 24.4 Å². The number of aromatic amines is 1. The van der Waals surface area contributed by atoms with Gasteiger partial charge < -0.3 is 9.82 Å². The summed E-state index contributed by atoms with van der Waals surface area (Å²) in [4.78, 5) is 8.13. The van der Waals surface area contributed by atoms with Crippen molar-refractivity contribution in [1.29, 1.82) is 0 Å². The number of benzene rings is 1. The molecule has 0 aliphatic carbocycles. The lowest BCUT2D eigenvalue weighted by Crippen LogP contribution is -1.83. The maximum atomic E-state index is 4.96. The summed E-state index contributed by atoms with van der Waals surface area (Å²) in [5.74, 6) is 0. The molecule has 0 radical (unpaired) electrons. The van der Waals surface area contributed by atoms with E-state index < -0.39 is 0 Å². The largest absolute Gasteiger partial charge is 0.392 e. The van der Waals surface area contributed by atoms with Gasteiger partial charge in [-0.15, -0.1) is 0 Å². The molecule has 1 N–H and O–H groups in total. The maximum absolute atomic E-state index is 4.96. The lowest BCUT2D eigenvalue weighted by Gasteiger charge is -1.94. The molecule has 4 heteroatoms. The van der Waals surface area contributed by atoms with E-state index in [2.05, 4.69) is 32.6 Å². The SMILES string of the molecule is C=CCO/N=C/c1c[nH]c2ccc(Br)cc12. The number of oxime groups is 1. The van der Waals surface area contributed by atoms with Crippen LogP contribution in [0.1, 0.15) is 5.56 Å². The summed E-state index contributed by atoms with van der Waals surface area (Å²) >= 11 is 3.44. The molecule has 82 valence electrons. The van der Waals surface area contributed by atoms with Crippen molar-refractivity contribution in [2.45, 2.75) is 0 Å². The monoisotopic (exact) mass is 278 g/mol. The fourth-order valence-electron chi connectivity index (χ4n) is 1.41. The average Bonchev–Trinajstić information content (AvgIpc) is 2.67. The number of nitrogens with one attached hydrogen (secondary N) is 1. The van der Waals surface area contributed by atoms with Crippen LogP contribution in [0.25, 0.3) is 10.9 Å². The fourth-order valence-corrected chi connectivity index (χ4v) is 1.77. The summed E-state index contributed by atoms with van der Waals surface area (Å²) in [5, 5.41) is 4.96. The van der Waals surface area contributed by atoms with Gasteiger partial charge >= 0.3 is 0 Å². The normalized spacial score (nSPS) is 11.1. The first kappa shape index (κ1) is 11.0. The summed E-state index contributed by atoms with van der Waals surface area (Å²) < 4.78 is 1.04. The molecule has 0 saturated carbocycles. The van der Waals surface area contributed by atoms with Gasteiger partial charge in [-0.1, -0.05) is 33.7 Å². The third-order valence-electron chi connectivity index (χ3n) is 2.13. The van der Waals surface area contributed by atoms with E-state index in [1.54, 1.807) is 12.3 Å². The Kier molecular flexibility index (Phi) is 3.41. The van der Waals surface area contributed by atoms with Crippen LogP contribution < -0.4 is 0 Å². The highest BCUT2D eigenvalue weighted by molar-refractivity contribution is 9.10. The molecule has 1 aromatic carbocycles. The maximum Gasteiger partial charge on any atom is 0.135 e. The van der Waals surface area contributed by atoms with Crippen LogP contribution in [0.15, 0.2) is 46.7 Å².